The number of ether oxygens (including phenoxy) is 2. The van der Waals surface area contributed by atoms with E-state index in [1.54, 1.807) is 0 Å². The summed E-state index contributed by atoms with van der Waals surface area (Å²) >= 11 is 0. The van der Waals surface area contributed by atoms with Crippen molar-refractivity contribution in [1.29, 1.82) is 0 Å². The van der Waals surface area contributed by atoms with E-state index in [2.05, 4.69) is 0 Å². The second-order valence-electron chi connectivity index (χ2n) is 10.1. The van der Waals surface area contributed by atoms with Crippen LogP contribution in [0, 0.1) is 13.8 Å². The fraction of sp³-hybridized carbons (Fsp3) is 0.312. The quantitative estimate of drug-likeness (QED) is 0.309. The number of likely N-dealkylation sites (tertiary alicyclic amines) is 1. The lowest BCUT2D eigenvalue weighted by Gasteiger charge is -2.44. The smallest absolute Gasteiger partial charge is 0.254 e. The Labute approximate surface area is 218 Å². The maximum atomic E-state index is 13.8. The molecule has 1 saturated heterocycles. The van der Waals surface area contributed by atoms with Crippen molar-refractivity contribution in [3.63, 3.8) is 0 Å². The summed E-state index contributed by atoms with van der Waals surface area (Å²) in [7, 11) is 0. The molecule has 5 nitrogen and oxygen atoms in total. The van der Waals surface area contributed by atoms with Crippen molar-refractivity contribution in [3.8, 4) is 11.5 Å². The van der Waals surface area contributed by atoms with Crippen LogP contribution >= 0.6 is 0 Å². The highest BCUT2D eigenvalue weighted by molar-refractivity contribution is 6.24. The second-order valence-corrected chi connectivity index (χ2v) is 10.1. The largest absolute Gasteiger partial charge is 0.494 e. The van der Waals surface area contributed by atoms with Crippen LogP contribution in [0.15, 0.2) is 66.7 Å². The third-order valence-electron chi connectivity index (χ3n) is 7.31. The second kappa shape index (κ2) is 10.3. The number of nitrogens with zero attached hydrogens (tertiary/aromatic N) is 1. The summed E-state index contributed by atoms with van der Waals surface area (Å²) in [6.07, 6.45) is 3.56. The zero-order valence-electron chi connectivity index (χ0n) is 21.8. The predicted molar refractivity (Wildman–Crippen MR) is 146 cm³/mol. The topological polar surface area (TPSA) is 55.8 Å². The fourth-order valence-electron chi connectivity index (χ4n) is 5.46. The standard InChI is InChI=1S/C32H33NO4/c1-4-36-26-12-10-24(11-13-26)20-27(25-8-6-5-7-9-25)31(35)33-16-14-32(15-17-33)21-28(34)30-23(3)18-22(2)19-29(30)37-32/h5-13,18-20H,4,14-17,21H2,1-3H3/b27-20+. The van der Waals surface area contributed by atoms with Gasteiger partial charge in [0.2, 0.25) is 0 Å². The summed E-state index contributed by atoms with van der Waals surface area (Å²) in [5, 5.41) is 0. The Morgan fingerprint density at radius 1 is 1.03 bits per heavy atom. The number of Topliss-reactive ketones (excluding diaryl/α,β-unsaturated/α-hetero) is 1. The van der Waals surface area contributed by atoms with E-state index < -0.39 is 5.60 Å². The number of amides is 1. The number of piperidine rings is 1. The molecule has 5 rings (SSSR count). The first-order valence-electron chi connectivity index (χ1n) is 13.0. The summed E-state index contributed by atoms with van der Waals surface area (Å²) in [4.78, 5) is 28.8. The molecule has 2 aliphatic rings. The third kappa shape index (κ3) is 5.17. The van der Waals surface area contributed by atoms with Crippen molar-refractivity contribution in [1.82, 2.24) is 4.90 Å². The molecule has 3 aromatic carbocycles. The summed E-state index contributed by atoms with van der Waals surface area (Å²) < 4.78 is 12.1. The molecule has 0 aliphatic carbocycles. The number of benzene rings is 3. The third-order valence-corrected chi connectivity index (χ3v) is 7.31. The van der Waals surface area contributed by atoms with E-state index in [0.29, 0.717) is 55.8 Å². The minimum atomic E-state index is -0.549. The fourth-order valence-corrected chi connectivity index (χ4v) is 5.46. The Hall–Kier alpha value is -3.86. The summed E-state index contributed by atoms with van der Waals surface area (Å²) in [5.74, 6) is 1.62. The van der Waals surface area contributed by atoms with Crippen LogP contribution in [0.3, 0.4) is 0 Å². The molecule has 1 spiro atoms. The summed E-state index contributed by atoms with van der Waals surface area (Å²) in [6.45, 7) is 7.64. The first kappa shape index (κ1) is 24.8. The Bertz CT molecular complexity index is 1330. The maximum Gasteiger partial charge on any atom is 0.254 e. The summed E-state index contributed by atoms with van der Waals surface area (Å²) in [6, 6.07) is 21.6. The molecular formula is C32H33NO4. The van der Waals surface area contributed by atoms with Gasteiger partial charge in [0.25, 0.3) is 5.91 Å². The number of hydrogen-bond acceptors (Lipinski definition) is 4. The lowest BCUT2D eigenvalue weighted by molar-refractivity contribution is -0.128. The minimum Gasteiger partial charge on any atom is -0.494 e. The predicted octanol–water partition coefficient (Wildman–Crippen LogP) is 6.27. The van der Waals surface area contributed by atoms with Crippen LogP contribution in [-0.2, 0) is 4.79 Å². The molecule has 1 amide bonds. The van der Waals surface area contributed by atoms with Crippen LogP contribution < -0.4 is 9.47 Å². The van der Waals surface area contributed by atoms with Crippen LogP contribution in [0.5, 0.6) is 11.5 Å². The van der Waals surface area contributed by atoms with Crippen molar-refractivity contribution in [2.75, 3.05) is 19.7 Å². The van der Waals surface area contributed by atoms with Gasteiger partial charge < -0.3 is 14.4 Å². The van der Waals surface area contributed by atoms with E-state index in [4.69, 9.17) is 9.47 Å². The van der Waals surface area contributed by atoms with Crippen LogP contribution in [-0.4, -0.2) is 41.9 Å². The summed E-state index contributed by atoms with van der Waals surface area (Å²) in [5.41, 5.74) is 4.68. The van der Waals surface area contributed by atoms with Gasteiger partial charge in [-0.3, -0.25) is 9.59 Å². The van der Waals surface area contributed by atoms with Gasteiger partial charge in [0.15, 0.2) is 5.78 Å². The molecule has 5 heteroatoms. The average Bonchev–Trinajstić information content (AvgIpc) is 2.88. The van der Waals surface area contributed by atoms with Gasteiger partial charge in [-0.1, -0.05) is 48.5 Å². The molecule has 2 aliphatic heterocycles. The molecule has 0 saturated carbocycles. The van der Waals surface area contributed by atoms with E-state index in [9.17, 15) is 9.59 Å². The number of hydrogen-bond donors (Lipinski definition) is 0. The van der Waals surface area contributed by atoms with Gasteiger partial charge in [0.1, 0.15) is 17.1 Å². The number of carbonyl (C=O) groups is 2. The highest BCUT2D eigenvalue weighted by Gasteiger charge is 2.44. The molecule has 0 aromatic heterocycles. The van der Waals surface area contributed by atoms with E-state index in [0.717, 1.165) is 28.0 Å². The highest BCUT2D eigenvalue weighted by Crippen LogP contribution is 2.41. The molecule has 2 heterocycles. The van der Waals surface area contributed by atoms with Crippen LogP contribution in [0.1, 0.15) is 58.8 Å². The molecule has 37 heavy (non-hydrogen) atoms. The zero-order chi connectivity index (χ0) is 26.0. The van der Waals surface area contributed by atoms with Crippen molar-refractivity contribution >= 4 is 23.3 Å². The van der Waals surface area contributed by atoms with E-state index >= 15 is 0 Å². The van der Waals surface area contributed by atoms with E-state index in [1.807, 2.05) is 98.5 Å². The monoisotopic (exact) mass is 495 g/mol. The van der Waals surface area contributed by atoms with Crippen molar-refractivity contribution in [3.05, 3.63) is 94.5 Å². The normalized spacial score (nSPS) is 16.8. The zero-order valence-corrected chi connectivity index (χ0v) is 21.8. The molecule has 0 N–H and O–H groups in total. The molecule has 0 unspecified atom stereocenters. The molecule has 0 bridgehead atoms. The van der Waals surface area contributed by atoms with Crippen molar-refractivity contribution in [2.45, 2.75) is 45.6 Å². The first-order chi connectivity index (χ1) is 17.9. The average molecular weight is 496 g/mol. The van der Waals surface area contributed by atoms with Gasteiger partial charge in [-0.15, -0.1) is 0 Å². The molecular weight excluding hydrogens is 462 g/mol. The SMILES string of the molecule is CCOc1ccc(/C=C(/C(=O)N2CCC3(CC2)CC(=O)c2c(C)cc(C)cc2O3)c2ccccc2)cc1. The Kier molecular flexibility index (Phi) is 6.88. The number of ketones is 1. The van der Waals surface area contributed by atoms with Gasteiger partial charge in [0.05, 0.1) is 18.6 Å². The van der Waals surface area contributed by atoms with Gasteiger partial charge in [0, 0.05) is 31.5 Å². The number of rotatable bonds is 5. The molecule has 0 atom stereocenters. The minimum absolute atomic E-state index is 0.0100. The number of carbonyl (C=O) groups excluding carboxylic acids is 2. The highest BCUT2D eigenvalue weighted by atomic mass is 16.5. The van der Waals surface area contributed by atoms with Crippen LogP contribution in [0.2, 0.25) is 0 Å². The first-order valence-corrected chi connectivity index (χ1v) is 13.0. The molecule has 0 radical (unpaired) electrons. The van der Waals surface area contributed by atoms with Crippen molar-refractivity contribution < 1.29 is 19.1 Å². The molecule has 1 fully saturated rings. The molecule has 3 aromatic rings. The Morgan fingerprint density at radius 3 is 2.41 bits per heavy atom. The molecule has 190 valence electrons. The van der Waals surface area contributed by atoms with Gasteiger partial charge >= 0.3 is 0 Å². The van der Waals surface area contributed by atoms with E-state index in [-0.39, 0.29) is 11.7 Å². The Balaban J connectivity index is 1.37. The lowest BCUT2D eigenvalue weighted by Crippen LogP contribution is -2.52. The van der Waals surface area contributed by atoms with Crippen molar-refractivity contribution in [2.24, 2.45) is 0 Å². The van der Waals surface area contributed by atoms with Gasteiger partial charge in [-0.25, -0.2) is 0 Å². The number of fused-ring (bicyclic) bond motifs is 1. The maximum absolute atomic E-state index is 13.8. The van der Waals surface area contributed by atoms with Crippen LogP contribution in [0.25, 0.3) is 11.6 Å². The van der Waals surface area contributed by atoms with Gasteiger partial charge in [-0.2, -0.15) is 0 Å². The number of aryl methyl sites for hydroxylation is 2. The van der Waals surface area contributed by atoms with Gasteiger partial charge in [-0.05, 0) is 67.3 Å². The lowest BCUT2D eigenvalue weighted by atomic mass is 9.81. The van der Waals surface area contributed by atoms with E-state index in [1.165, 1.54) is 0 Å². The Morgan fingerprint density at radius 2 is 1.73 bits per heavy atom. The van der Waals surface area contributed by atoms with Crippen LogP contribution in [0.4, 0.5) is 0 Å².